The topological polar surface area (TPSA) is 52.3 Å². The van der Waals surface area contributed by atoms with E-state index < -0.39 is 23.9 Å². The summed E-state index contributed by atoms with van der Waals surface area (Å²) in [6, 6.07) is -1.38. The quantitative estimate of drug-likeness (QED) is 0.663. The number of carbonyl (C=O) groups is 1. The van der Waals surface area contributed by atoms with Crippen LogP contribution in [0.4, 0.5) is 8.78 Å². The van der Waals surface area contributed by atoms with E-state index in [1.54, 1.807) is 0 Å². The van der Waals surface area contributed by atoms with Gasteiger partial charge in [0.05, 0.1) is 19.1 Å². The lowest BCUT2D eigenvalue weighted by Gasteiger charge is -2.17. The first-order valence-corrected chi connectivity index (χ1v) is 3.70. The Labute approximate surface area is 81.0 Å². The molecule has 1 fully saturated rings. The van der Waals surface area contributed by atoms with Crippen LogP contribution in [0.1, 0.15) is 12.8 Å². The number of ether oxygens (including phenoxy) is 1. The standard InChI is InChI=1S/C7H11F2NO2.ClH/c1-12-6(11)4-2-3-7(8,9)5(4)10;/h4-5H,2-3,10H2,1H3;1H. The van der Waals surface area contributed by atoms with E-state index in [0.29, 0.717) is 0 Å². The minimum Gasteiger partial charge on any atom is -0.469 e. The Morgan fingerprint density at radius 3 is 2.46 bits per heavy atom. The van der Waals surface area contributed by atoms with E-state index in [0.717, 1.165) is 0 Å². The number of alkyl halides is 2. The van der Waals surface area contributed by atoms with Crippen LogP contribution in [0.15, 0.2) is 0 Å². The van der Waals surface area contributed by atoms with Crippen molar-refractivity contribution in [2.45, 2.75) is 24.8 Å². The van der Waals surface area contributed by atoms with Gasteiger partial charge in [0.1, 0.15) is 0 Å². The lowest BCUT2D eigenvalue weighted by atomic mass is 10.0. The lowest BCUT2D eigenvalue weighted by Crippen LogP contribution is -2.42. The largest absolute Gasteiger partial charge is 0.469 e. The summed E-state index contributed by atoms with van der Waals surface area (Å²) in [5.41, 5.74) is 5.18. The van der Waals surface area contributed by atoms with Crippen LogP contribution < -0.4 is 5.73 Å². The van der Waals surface area contributed by atoms with E-state index in [1.807, 2.05) is 0 Å². The molecule has 0 saturated heterocycles. The van der Waals surface area contributed by atoms with Gasteiger partial charge in [-0.2, -0.15) is 0 Å². The normalized spacial score (nSPS) is 30.8. The maximum Gasteiger partial charge on any atom is 0.310 e. The third kappa shape index (κ3) is 2.28. The molecule has 1 aliphatic rings. The van der Waals surface area contributed by atoms with Crippen LogP contribution in [0, 0.1) is 5.92 Å². The number of hydrogen-bond donors (Lipinski definition) is 1. The van der Waals surface area contributed by atoms with Crippen molar-refractivity contribution in [3.63, 3.8) is 0 Å². The Balaban J connectivity index is 0.00000144. The van der Waals surface area contributed by atoms with Gasteiger partial charge in [0, 0.05) is 6.42 Å². The third-order valence-corrected chi connectivity index (χ3v) is 2.21. The number of methoxy groups -OCH3 is 1. The van der Waals surface area contributed by atoms with Crippen molar-refractivity contribution in [1.82, 2.24) is 0 Å². The van der Waals surface area contributed by atoms with E-state index in [-0.39, 0.29) is 25.2 Å². The first kappa shape index (κ1) is 12.6. The molecule has 2 N–H and O–H groups in total. The minimum atomic E-state index is -2.92. The summed E-state index contributed by atoms with van der Waals surface area (Å²) < 4.78 is 29.8. The number of hydrogen-bond acceptors (Lipinski definition) is 3. The molecule has 2 unspecified atom stereocenters. The molecular weight excluding hydrogens is 204 g/mol. The number of esters is 1. The summed E-state index contributed by atoms with van der Waals surface area (Å²) in [6.07, 6.45) is -0.214. The Morgan fingerprint density at radius 2 is 2.15 bits per heavy atom. The zero-order valence-electron chi connectivity index (χ0n) is 7.13. The molecule has 0 bridgehead atoms. The molecule has 0 amide bonds. The van der Waals surface area contributed by atoms with Gasteiger partial charge in [-0.1, -0.05) is 0 Å². The van der Waals surface area contributed by atoms with Gasteiger partial charge in [-0.05, 0) is 6.42 Å². The van der Waals surface area contributed by atoms with Gasteiger partial charge in [-0.25, -0.2) is 8.78 Å². The zero-order chi connectivity index (χ0) is 9.35. The van der Waals surface area contributed by atoms with E-state index in [9.17, 15) is 13.6 Å². The van der Waals surface area contributed by atoms with E-state index >= 15 is 0 Å². The highest BCUT2D eigenvalue weighted by atomic mass is 35.5. The Morgan fingerprint density at radius 1 is 1.62 bits per heavy atom. The molecule has 1 aliphatic carbocycles. The van der Waals surface area contributed by atoms with Gasteiger partial charge >= 0.3 is 5.97 Å². The summed E-state index contributed by atoms with van der Waals surface area (Å²) in [5, 5.41) is 0. The molecule has 0 aromatic carbocycles. The predicted molar refractivity (Wildman–Crippen MR) is 44.9 cm³/mol. The van der Waals surface area contributed by atoms with Gasteiger partial charge in [-0.3, -0.25) is 4.79 Å². The monoisotopic (exact) mass is 215 g/mol. The van der Waals surface area contributed by atoms with Crippen LogP contribution in [0.3, 0.4) is 0 Å². The first-order chi connectivity index (χ1) is 5.49. The zero-order valence-corrected chi connectivity index (χ0v) is 7.94. The van der Waals surface area contributed by atoms with Crippen molar-refractivity contribution in [2.24, 2.45) is 11.7 Å². The Kier molecular flexibility index (Phi) is 4.06. The SMILES string of the molecule is COC(=O)C1CCC(F)(F)C1N.Cl. The smallest absolute Gasteiger partial charge is 0.310 e. The number of rotatable bonds is 1. The molecule has 2 atom stereocenters. The third-order valence-electron chi connectivity index (χ3n) is 2.21. The molecule has 0 heterocycles. The summed E-state index contributed by atoms with van der Waals surface area (Å²) >= 11 is 0. The average Bonchev–Trinajstić information content (AvgIpc) is 2.27. The second-order valence-electron chi connectivity index (χ2n) is 2.96. The van der Waals surface area contributed by atoms with Crippen LogP contribution >= 0.6 is 12.4 Å². The molecule has 0 radical (unpaired) electrons. The van der Waals surface area contributed by atoms with E-state index in [2.05, 4.69) is 4.74 Å². The van der Waals surface area contributed by atoms with Gasteiger partial charge in [0.25, 0.3) is 5.92 Å². The molecule has 13 heavy (non-hydrogen) atoms. The van der Waals surface area contributed by atoms with Crippen LogP contribution in [0.5, 0.6) is 0 Å². The summed E-state index contributed by atoms with van der Waals surface area (Å²) in [5.74, 6) is -4.40. The fourth-order valence-corrected chi connectivity index (χ4v) is 1.40. The Bertz CT molecular complexity index is 201. The van der Waals surface area contributed by atoms with Crippen molar-refractivity contribution in [1.29, 1.82) is 0 Å². The van der Waals surface area contributed by atoms with Crippen molar-refractivity contribution < 1.29 is 18.3 Å². The summed E-state index contributed by atoms with van der Waals surface area (Å²) in [6.45, 7) is 0. The summed E-state index contributed by atoms with van der Waals surface area (Å²) in [7, 11) is 1.17. The molecule has 0 aromatic heterocycles. The molecule has 3 nitrogen and oxygen atoms in total. The fraction of sp³-hybridized carbons (Fsp3) is 0.857. The lowest BCUT2D eigenvalue weighted by molar-refractivity contribution is -0.147. The number of halogens is 3. The van der Waals surface area contributed by atoms with Crippen molar-refractivity contribution in [3.8, 4) is 0 Å². The van der Waals surface area contributed by atoms with E-state index in [1.165, 1.54) is 7.11 Å². The first-order valence-electron chi connectivity index (χ1n) is 3.70. The minimum absolute atomic E-state index is 0. The second-order valence-corrected chi connectivity index (χ2v) is 2.96. The van der Waals surface area contributed by atoms with Crippen LogP contribution in [-0.2, 0) is 9.53 Å². The molecule has 0 aromatic rings. The fourth-order valence-electron chi connectivity index (χ4n) is 1.40. The highest BCUT2D eigenvalue weighted by molar-refractivity contribution is 5.85. The second kappa shape index (κ2) is 4.19. The van der Waals surface area contributed by atoms with Crippen LogP contribution in [0.25, 0.3) is 0 Å². The average molecular weight is 216 g/mol. The van der Waals surface area contributed by atoms with Crippen molar-refractivity contribution >= 4 is 18.4 Å². The number of carbonyl (C=O) groups excluding carboxylic acids is 1. The maximum atomic E-state index is 12.8. The highest BCUT2D eigenvalue weighted by Gasteiger charge is 2.51. The molecule has 78 valence electrons. The molecule has 1 saturated carbocycles. The van der Waals surface area contributed by atoms with Crippen molar-refractivity contribution in [3.05, 3.63) is 0 Å². The molecule has 0 aliphatic heterocycles. The Hall–Kier alpha value is -0.420. The van der Waals surface area contributed by atoms with Gasteiger partial charge in [-0.15, -0.1) is 12.4 Å². The molecule has 6 heteroatoms. The maximum absolute atomic E-state index is 12.8. The van der Waals surface area contributed by atoms with E-state index in [4.69, 9.17) is 5.73 Å². The molecule has 0 spiro atoms. The van der Waals surface area contributed by atoms with Crippen LogP contribution in [0.2, 0.25) is 0 Å². The number of nitrogens with two attached hydrogens (primary N) is 1. The highest BCUT2D eigenvalue weighted by Crippen LogP contribution is 2.38. The molecular formula is C7H12ClF2NO2. The van der Waals surface area contributed by atoms with Gasteiger partial charge in [0.15, 0.2) is 0 Å². The van der Waals surface area contributed by atoms with Crippen LogP contribution in [-0.4, -0.2) is 25.0 Å². The summed E-state index contributed by atoms with van der Waals surface area (Å²) in [4.78, 5) is 10.9. The van der Waals surface area contributed by atoms with Gasteiger partial charge < -0.3 is 10.5 Å². The molecule has 1 rings (SSSR count). The predicted octanol–water partition coefficient (Wildman–Crippen LogP) is 0.954. The van der Waals surface area contributed by atoms with Gasteiger partial charge in [0.2, 0.25) is 0 Å². The van der Waals surface area contributed by atoms with Crippen molar-refractivity contribution in [2.75, 3.05) is 7.11 Å².